The van der Waals surface area contributed by atoms with Gasteiger partial charge in [-0.15, -0.1) is 10.2 Å². The van der Waals surface area contributed by atoms with Gasteiger partial charge in [0, 0.05) is 17.2 Å². The molecule has 2 atom stereocenters. The number of benzene rings is 1. The van der Waals surface area contributed by atoms with E-state index in [0.29, 0.717) is 22.5 Å². The predicted molar refractivity (Wildman–Crippen MR) is 117 cm³/mol. The van der Waals surface area contributed by atoms with Crippen molar-refractivity contribution in [2.75, 3.05) is 12.4 Å². The first-order chi connectivity index (χ1) is 14.3. The molecule has 2 aromatic rings. The van der Waals surface area contributed by atoms with Crippen LogP contribution in [0.1, 0.15) is 33.6 Å². The fraction of sp³-hybridized carbons (Fsp3) is 0.524. The molecule has 2 heterocycles. The highest BCUT2D eigenvalue weighted by Crippen LogP contribution is 2.27. The van der Waals surface area contributed by atoms with E-state index in [0.717, 1.165) is 25.0 Å². The standard InChI is InChI=1S/C21H26ClN5O2S/c1-14(2)21(3,13-23)24-18(28)12-30-20-26-25-19(15-6-8-16(22)9-7-15)27(20)11-17-5-4-10-29-17/h6-9,14,17H,4-5,10-12H2,1-3H3,(H,24,28)/t17-,21+/m1/s1. The van der Waals surface area contributed by atoms with E-state index in [4.69, 9.17) is 16.3 Å². The number of nitriles is 1. The molecular weight excluding hydrogens is 422 g/mol. The van der Waals surface area contributed by atoms with Gasteiger partial charge in [-0.1, -0.05) is 37.2 Å². The Balaban J connectivity index is 1.77. The largest absolute Gasteiger partial charge is 0.376 e. The van der Waals surface area contributed by atoms with Crippen LogP contribution in [-0.4, -0.2) is 44.7 Å². The van der Waals surface area contributed by atoms with Crippen molar-refractivity contribution in [1.82, 2.24) is 20.1 Å². The highest BCUT2D eigenvalue weighted by Gasteiger charge is 2.30. The summed E-state index contributed by atoms with van der Waals surface area (Å²) in [6, 6.07) is 9.63. The first-order valence-corrected chi connectivity index (χ1v) is 11.3. The number of nitrogens with zero attached hydrogens (tertiary/aromatic N) is 4. The van der Waals surface area contributed by atoms with Gasteiger partial charge in [0.05, 0.1) is 24.5 Å². The fourth-order valence-electron chi connectivity index (χ4n) is 3.12. The number of nitrogens with one attached hydrogen (secondary N) is 1. The van der Waals surface area contributed by atoms with E-state index in [2.05, 4.69) is 21.6 Å². The smallest absolute Gasteiger partial charge is 0.231 e. The summed E-state index contributed by atoms with van der Waals surface area (Å²) in [6.07, 6.45) is 2.12. The third-order valence-electron chi connectivity index (χ3n) is 5.35. The molecule has 3 rings (SSSR count). The monoisotopic (exact) mass is 447 g/mol. The summed E-state index contributed by atoms with van der Waals surface area (Å²) in [5, 5.41) is 22.2. The molecule has 9 heteroatoms. The molecule has 1 saturated heterocycles. The highest BCUT2D eigenvalue weighted by molar-refractivity contribution is 7.99. The number of halogens is 1. The van der Waals surface area contributed by atoms with Gasteiger partial charge in [-0.25, -0.2) is 0 Å². The summed E-state index contributed by atoms with van der Waals surface area (Å²) < 4.78 is 7.80. The molecule has 1 aliphatic heterocycles. The van der Waals surface area contributed by atoms with Gasteiger partial charge in [0.25, 0.3) is 0 Å². The van der Waals surface area contributed by atoms with Gasteiger partial charge < -0.3 is 10.1 Å². The van der Waals surface area contributed by atoms with E-state index < -0.39 is 5.54 Å². The Morgan fingerprint density at radius 2 is 2.17 bits per heavy atom. The Morgan fingerprint density at radius 1 is 1.43 bits per heavy atom. The molecule has 0 bridgehead atoms. The molecule has 30 heavy (non-hydrogen) atoms. The number of rotatable bonds is 8. The number of hydrogen-bond acceptors (Lipinski definition) is 6. The second-order valence-corrected chi connectivity index (χ2v) is 9.24. The second-order valence-electron chi connectivity index (χ2n) is 7.86. The summed E-state index contributed by atoms with van der Waals surface area (Å²) >= 11 is 7.33. The van der Waals surface area contributed by atoms with Crippen LogP contribution >= 0.6 is 23.4 Å². The first kappa shape index (κ1) is 22.6. The van der Waals surface area contributed by atoms with E-state index in [-0.39, 0.29) is 23.7 Å². The minimum Gasteiger partial charge on any atom is -0.376 e. The van der Waals surface area contributed by atoms with E-state index in [1.54, 1.807) is 6.92 Å². The van der Waals surface area contributed by atoms with E-state index >= 15 is 0 Å². The van der Waals surface area contributed by atoms with E-state index in [1.807, 2.05) is 42.7 Å². The molecule has 0 saturated carbocycles. The van der Waals surface area contributed by atoms with Crippen LogP contribution in [0.5, 0.6) is 0 Å². The lowest BCUT2D eigenvalue weighted by atomic mass is 9.90. The van der Waals surface area contributed by atoms with Gasteiger partial charge in [0.2, 0.25) is 5.91 Å². The number of carbonyl (C=O) groups excluding carboxylic acids is 1. The third-order valence-corrected chi connectivity index (χ3v) is 6.57. The van der Waals surface area contributed by atoms with Crippen molar-refractivity contribution in [3.63, 3.8) is 0 Å². The fourth-order valence-corrected chi connectivity index (χ4v) is 4.00. The maximum Gasteiger partial charge on any atom is 0.231 e. The topological polar surface area (TPSA) is 92.8 Å². The van der Waals surface area contributed by atoms with Crippen LogP contribution < -0.4 is 5.32 Å². The number of thioether (sulfide) groups is 1. The van der Waals surface area contributed by atoms with Gasteiger partial charge in [-0.05, 0) is 49.9 Å². The average molecular weight is 448 g/mol. The normalized spacial score (nSPS) is 18.2. The Bertz CT molecular complexity index is 918. The summed E-state index contributed by atoms with van der Waals surface area (Å²) in [5.74, 6) is 0.650. The molecule has 0 aliphatic carbocycles. The Hall–Kier alpha value is -2.08. The second kappa shape index (κ2) is 9.82. The van der Waals surface area contributed by atoms with Gasteiger partial charge in [-0.2, -0.15) is 5.26 Å². The molecule has 0 spiro atoms. The van der Waals surface area contributed by atoms with Crippen molar-refractivity contribution in [2.45, 2.75) is 57.0 Å². The molecule has 1 N–H and O–H groups in total. The quantitative estimate of drug-likeness (QED) is 0.616. The van der Waals surface area contributed by atoms with Gasteiger partial charge in [-0.3, -0.25) is 9.36 Å². The van der Waals surface area contributed by atoms with Gasteiger partial charge >= 0.3 is 0 Å². The minimum atomic E-state index is -0.905. The Kier molecular flexibility index (Phi) is 7.40. The Morgan fingerprint density at radius 3 is 2.77 bits per heavy atom. The first-order valence-electron chi connectivity index (χ1n) is 9.98. The molecule has 1 amide bonds. The van der Waals surface area contributed by atoms with Crippen LogP contribution in [0.15, 0.2) is 29.4 Å². The van der Waals surface area contributed by atoms with Crippen molar-refractivity contribution in [2.24, 2.45) is 5.92 Å². The molecule has 1 fully saturated rings. The van der Waals surface area contributed by atoms with Gasteiger partial charge in [0.15, 0.2) is 11.0 Å². The lowest BCUT2D eigenvalue weighted by Crippen LogP contribution is -2.49. The summed E-state index contributed by atoms with van der Waals surface area (Å²) in [4.78, 5) is 12.5. The van der Waals surface area contributed by atoms with Crippen LogP contribution in [0.25, 0.3) is 11.4 Å². The summed E-state index contributed by atoms with van der Waals surface area (Å²) in [7, 11) is 0. The van der Waals surface area contributed by atoms with Crippen LogP contribution in [0.3, 0.4) is 0 Å². The number of amides is 1. The van der Waals surface area contributed by atoms with Crippen LogP contribution in [0, 0.1) is 17.2 Å². The van der Waals surface area contributed by atoms with Gasteiger partial charge in [0.1, 0.15) is 5.54 Å². The van der Waals surface area contributed by atoms with Crippen LogP contribution in [0.4, 0.5) is 0 Å². The predicted octanol–water partition coefficient (Wildman–Crippen LogP) is 3.92. The van der Waals surface area contributed by atoms with E-state index in [9.17, 15) is 10.1 Å². The maximum absolute atomic E-state index is 12.5. The summed E-state index contributed by atoms with van der Waals surface area (Å²) in [5.41, 5.74) is -0.00430. The van der Waals surface area contributed by atoms with Crippen molar-refractivity contribution in [1.29, 1.82) is 5.26 Å². The zero-order chi connectivity index (χ0) is 21.7. The zero-order valence-corrected chi connectivity index (χ0v) is 19.0. The summed E-state index contributed by atoms with van der Waals surface area (Å²) in [6.45, 7) is 6.94. The molecular formula is C21H26ClN5O2S. The van der Waals surface area contributed by atoms with Crippen molar-refractivity contribution in [3.8, 4) is 17.5 Å². The van der Waals surface area contributed by atoms with Crippen molar-refractivity contribution >= 4 is 29.3 Å². The van der Waals surface area contributed by atoms with E-state index in [1.165, 1.54) is 11.8 Å². The average Bonchev–Trinajstić information content (AvgIpc) is 3.37. The lowest BCUT2D eigenvalue weighted by Gasteiger charge is -2.27. The lowest BCUT2D eigenvalue weighted by molar-refractivity contribution is -0.120. The molecule has 0 radical (unpaired) electrons. The highest BCUT2D eigenvalue weighted by atomic mass is 35.5. The van der Waals surface area contributed by atoms with Crippen LogP contribution in [-0.2, 0) is 16.1 Å². The molecule has 1 aromatic heterocycles. The molecule has 160 valence electrons. The zero-order valence-electron chi connectivity index (χ0n) is 17.4. The number of hydrogen-bond donors (Lipinski definition) is 1. The Labute approximate surface area is 186 Å². The third kappa shape index (κ3) is 5.34. The molecule has 1 aromatic carbocycles. The number of ether oxygens (including phenoxy) is 1. The van der Waals surface area contributed by atoms with Crippen molar-refractivity contribution < 1.29 is 9.53 Å². The number of aromatic nitrogens is 3. The molecule has 0 unspecified atom stereocenters. The minimum absolute atomic E-state index is 0.00359. The molecule has 7 nitrogen and oxygen atoms in total. The number of carbonyl (C=O) groups is 1. The maximum atomic E-state index is 12.5. The van der Waals surface area contributed by atoms with Crippen molar-refractivity contribution in [3.05, 3.63) is 29.3 Å². The SMILES string of the molecule is CC(C)[C@](C)(C#N)NC(=O)CSc1nnc(-c2ccc(Cl)cc2)n1C[C@H]1CCCO1. The van der Waals surface area contributed by atoms with Crippen LogP contribution in [0.2, 0.25) is 5.02 Å². The molecule has 1 aliphatic rings.